The van der Waals surface area contributed by atoms with Gasteiger partial charge in [0.25, 0.3) is 0 Å². The van der Waals surface area contributed by atoms with Crippen molar-refractivity contribution in [1.29, 1.82) is 0 Å². The van der Waals surface area contributed by atoms with Crippen molar-refractivity contribution >= 4 is 27.5 Å². The molecule has 1 unspecified atom stereocenters. The Balaban J connectivity index is 2.03. The Hall–Kier alpha value is -0.870. The molecule has 1 aliphatic rings. The van der Waals surface area contributed by atoms with Gasteiger partial charge in [-0.3, -0.25) is 4.79 Å². The molecule has 1 atom stereocenters. The largest absolute Gasteiger partial charge is 0.324 e. The van der Waals surface area contributed by atoms with E-state index in [1.54, 1.807) is 0 Å². The minimum absolute atomic E-state index is 0.0556. The van der Waals surface area contributed by atoms with Crippen LogP contribution >= 0.6 is 15.9 Å². The number of hydrogen-bond donors (Lipinski definition) is 2. The van der Waals surface area contributed by atoms with Crippen LogP contribution in [0.5, 0.6) is 0 Å². The van der Waals surface area contributed by atoms with Crippen LogP contribution in [-0.2, 0) is 4.79 Å². The second-order valence-corrected chi connectivity index (χ2v) is 5.68. The quantitative estimate of drug-likeness (QED) is 0.880. The molecule has 1 aromatic carbocycles. The van der Waals surface area contributed by atoms with Gasteiger partial charge in [-0.05, 0) is 59.9 Å². The Morgan fingerprint density at radius 1 is 1.39 bits per heavy atom. The Morgan fingerprint density at radius 2 is 2.22 bits per heavy atom. The number of carbonyl (C=O) groups is 1. The molecular formula is C14H19BrN2O. The van der Waals surface area contributed by atoms with Crippen molar-refractivity contribution in [2.24, 2.45) is 0 Å². The molecule has 98 valence electrons. The van der Waals surface area contributed by atoms with Gasteiger partial charge in [-0.1, -0.05) is 18.9 Å². The molecule has 0 saturated carbocycles. The van der Waals surface area contributed by atoms with Gasteiger partial charge in [0.1, 0.15) is 0 Å². The summed E-state index contributed by atoms with van der Waals surface area (Å²) in [7, 11) is 0. The van der Waals surface area contributed by atoms with E-state index in [-0.39, 0.29) is 11.9 Å². The summed E-state index contributed by atoms with van der Waals surface area (Å²) in [6, 6.07) is 5.91. The molecule has 1 heterocycles. The maximum Gasteiger partial charge on any atom is 0.241 e. The van der Waals surface area contributed by atoms with Crippen LogP contribution in [0.4, 0.5) is 5.69 Å². The van der Waals surface area contributed by atoms with Gasteiger partial charge in [0.05, 0.1) is 11.7 Å². The van der Waals surface area contributed by atoms with Crippen LogP contribution in [0.25, 0.3) is 0 Å². The van der Waals surface area contributed by atoms with E-state index < -0.39 is 0 Å². The van der Waals surface area contributed by atoms with E-state index in [9.17, 15) is 4.79 Å². The zero-order valence-electron chi connectivity index (χ0n) is 10.6. The standard InChI is InChI=1S/C14H19BrN2O/c1-10-6-7-11(15)13(9-10)17-14(18)12-5-3-2-4-8-16-12/h6-7,9,12,16H,2-5,8H2,1H3,(H,17,18). The summed E-state index contributed by atoms with van der Waals surface area (Å²) in [5.41, 5.74) is 1.99. The van der Waals surface area contributed by atoms with E-state index in [0.717, 1.165) is 41.5 Å². The number of hydrogen-bond acceptors (Lipinski definition) is 2. The second kappa shape index (κ2) is 6.34. The van der Waals surface area contributed by atoms with Crippen molar-refractivity contribution in [3.63, 3.8) is 0 Å². The molecule has 0 spiro atoms. The minimum Gasteiger partial charge on any atom is -0.324 e. The van der Waals surface area contributed by atoms with Crippen molar-refractivity contribution in [1.82, 2.24) is 5.32 Å². The van der Waals surface area contributed by atoms with Crippen LogP contribution in [0, 0.1) is 6.92 Å². The van der Waals surface area contributed by atoms with Gasteiger partial charge in [0, 0.05) is 4.47 Å². The van der Waals surface area contributed by atoms with Gasteiger partial charge in [0.15, 0.2) is 0 Å². The summed E-state index contributed by atoms with van der Waals surface area (Å²) in [5.74, 6) is 0.0724. The average Bonchev–Trinajstić information content (AvgIpc) is 2.62. The second-order valence-electron chi connectivity index (χ2n) is 4.83. The van der Waals surface area contributed by atoms with Gasteiger partial charge in [-0.2, -0.15) is 0 Å². The number of amides is 1. The molecule has 0 radical (unpaired) electrons. The summed E-state index contributed by atoms with van der Waals surface area (Å²) >= 11 is 3.46. The van der Waals surface area contributed by atoms with E-state index in [1.807, 2.05) is 25.1 Å². The fourth-order valence-electron chi connectivity index (χ4n) is 2.21. The van der Waals surface area contributed by atoms with E-state index >= 15 is 0 Å². The van der Waals surface area contributed by atoms with Crippen LogP contribution in [0.2, 0.25) is 0 Å². The Labute approximate surface area is 116 Å². The van der Waals surface area contributed by atoms with Crippen LogP contribution < -0.4 is 10.6 Å². The molecule has 3 nitrogen and oxygen atoms in total. The summed E-state index contributed by atoms with van der Waals surface area (Å²) in [4.78, 5) is 12.2. The minimum atomic E-state index is -0.0556. The predicted molar refractivity (Wildman–Crippen MR) is 77.8 cm³/mol. The van der Waals surface area contributed by atoms with Crippen molar-refractivity contribution in [3.05, 3.63) is 28.2 Å². The normalized spacial score (nSPS) is 20.2. The number of carbonyl (C=O) groups excluding carboxylic acids is 1. The maximum atomic E-state index is 12.2. The van der Waals surface area contributed by atoms with Gasteiger partial charge < -0.3 is 10.6 Å². The fourth-order valence-corrected chi connectivity index (χ4v) is 2.55. The molecule has 0 aromatic heterocycles. The Morgan fingerprint density at radius 3 is 3.06 bits per heavy atom. The fraction of sp³-hybridized carbons (Fsp3) is 0.500. The first-order valence-electron chi connectivity index (χ1n) is 6.47. The molecule has 1 aromatic rings. The molecule has 2 rings (SSSR count). The third-order valence-electron chi connectivity index (χ3n) is 3.26. The molecular weight excluding hydrogens is 292 g/mol. The number of rotatable bonds is 2. The summed E-state index contributed by atoms with van der Waals surface area (Å²) in [6.45, 7) is 2.96. The van der Waals surface area contributed by atoms with Crippen molar-refractivity contribution in [3.8, 4) is 0 Å². The third-order valence-corrected chi connectivity index (χ3v) is 3.95. The summed E-state index contributed by atoms with van der Waals surface area (Å²) in [5, 5.41) is 6.31. The first-order valence-corrected chi connectivity index (χ1v) is 7.26. The lowest BCUT2D eigenvalue weighted by Gasteiger charge is -2.16. The van der Waals surface area contributed by atoms with Crippen molar-refractivity contribution in [2.75, 3.05) is 11.9 Å². The number of nitrogens with one attached hydrogen (secondary N) is 2. The van der Waals surface area contributed by atoms with Crippen molar-refractivity contribution < 1.29 is 4.79 Å². The Bertz CT molecular complexity index is 426. The van der Waals surface area contributed by atoms with Crippen LogP contribution in [0.15, 0.2) is 22.7 Å². The first-order chi connectivity index (χ1) is 8.66. The predicted octanol–water partition coefficient (Wildman–Crippen LogP) is 3.23. The lowest BCUT2D eigenvalue weighted by atomic mass is 10.1. The zero-order chi connectivity index (χ0) is 13.0. The first kappa shape index (κ1) is 13.6. The molecule has 0 aliphatic carbocycles. The zero-order valence-corrected chi connectivity index (χ0v) is 12.2. The average molecular weight is 311 g/mol. The van der Waals surface area contributed by atoms with Crippen LogP contribution in [0.3, 0.4) is 0 Å². The van der Waals surface area contributed by atoms with Crippen molar-refractivity contribution in [2.45, 2.75) is 38.6 Å². The number of aryl methyl sites for hydroxylation is 1. The summed E-state index contributed by atoms with van der Waals surface area (Å²) < 4.78 is 0.926. The summed E-state index contributed by atoms with van der Waals surface area (Å²) in [6.07, 6.45) is 4.43. The molecule has 18 heavy (non-hydrogen) atoms. The van der Waals surface area contributed by atoms with Gasteiger partial charge >= 0.3 is 0 Å². The molecule has 1 fully saturated rings. The Kier molecular flexibility index (Phi) is 4.78. The smallest absolute Gasteiger partial charge is 0.241 e. The highest BCUT2D eigenvalue weighted by Crippen LogP contribution is 2.23. The maximum absolute atomic E-state index is 12.2. The monoisotopic (exact) mass is 310 g/mol. The van der Waals surface area contributed by atoms with Crippen LogP contribution in [0.1, 0.15) is 31.2 Å². The highest BCUT2D eigenvalue weighted by molar-refractivity contribution is 9.10. The van der Waals surface area contributed by atoms with E-state index in [0.29, 0.717) is 0 Å². The number of halogens is 1. The number of anilines is 1. The van der Waals surface area contributed by atoms with Crippen LogP contribution in [-0.4, -0.2) is 18.5 Å². The lowest BCUT2D eigenvalue weighted by molar-refractivity contribution is -0.118. The molecule has 1 saturated heterocycles. The van der Waals surface area contributed by atoms with Gasteiger partial charge in [-0.15, -0.1) is 0 Å². The van der Waals surface area contributed by atoms with E-state index in [2.05, 4.69) is 26.6 Å². The van der Waals surface area contributed by atoms with E-state index in [4.69, 9.17) is 0 Å². The SMILES string of the molecule is Cc1ccc(Br)c(NC(=O)C2CCCCCN2)c1. The molecule has 2 N–H and O–H groups in total. The van der Waals surface area contributed by atoms with Gasteiger partial charge in [-0.25, -0.2) is 0 Å². The van der Waals surface area contributed by atoms with E-state index in [1.165, 1.54) is 6.42 Å². The topological polar surface area (TPSA) is 41.1 Å². The number of benzene rings is 1. The molecule has 1 amide bonds. The highest BCUT2D eigenvalue weighted by Gasteiger charge is 2.19. The highest BCUT2D eigenvalue weighted by atomic mass is 79.9. The molecule has 0 bridgehead atoms. The third kappa shape index (κ3) is 3.56. The van der Waals surface area contributed by atoms with Gasteiger partial charge in [0.2, 0.25) is 5.91 Å². The molecule has 1 aliphatic heterocycles. The molecule has 4 heteroatoms. The lowest BCUT2D eigenvalue weighted by Crippen LogP contribution is -2.39.